The maximum absolute atomic E-state index is 12.5. The van der Waals surface area contributed by atoms with Crippen molar-refractivity contribution in [2.24, 2.45) is 0 Å². The first-order chi connectivity index (χ1) is 13.4. The Balaban J connectivity index is 1.44. The van der Waals surface area contributed by atoms with E-state index < -0.39 is 5.97 Å². The lowest BCUT2D eigenvalue weighted by Crippen LogP contribution is -2.39. The van der Waals surface area contributed by atoms with Gasteiger partial charge in [0.05, 0.1) is 11.4 Å². The molecule has 2 aliphatic heterocycles. The van der Waals surface area contributed by atoms with Crippen molar-refractivity contribution in [3.8, 4) is 5.75 Å². The maximum atomic E-state index is 12.5. The number of carbonyl (C=O) groups excluding carboxylic acids is 1. The molecule has 0 aliphatic carbocycles. The fourth-order valence-electron chi connectivity index (χ4n) is 4.46. The Morgan fingerprint density at radius 1 is 1.18 bits per heavy atom. The molecule has 4 heterocycles. The highest BCUT2D eigenvalue weighted by atomic mass is 16.5. The summed E-state index contributed by atoms with van der Waals surface area (Å²) in [6.45, 7) is 10.9. The van der Waals surface area contributed by atoms with E-state index >= 15 is 0 Å². The number of esters is 1. The molecule has 0 unspecified atom stereocenters. The van der Waals surface area contributed by atoms with Gasteiger partial charge < -0.3 is 14.2 Å². The van der Waals surface area contributed by atoms with Gasteiger partial charge in [0.15, 0.2) is 5.75 Å². The molecule has 2 aromatic heterocycles. The first-order valence-electron chi connectivity index (χ1n) is 10.1. The predicted molar refractivity (Wildman–Crippen MR) is 106 cm³/mol. The Morgan fingerprint density at radius 3 is 2.64 bits per heavy atom. The molecule has 2 aliphatic rings. The van der Waals surface area contributed by atoms with Crippen LogP contribution in [0.2, 0.25) is 0 Å². The molecule has 0 amide bonds. The van der Waals surface area contributed by atoms with Gasteiger partial charge in [-0.15, -0.1) is 0 Å². The number of likely N-dealkylation sites (tertiary alicyclic amines) is 1. The number of carbonyl (C=O) groups is 1. The van der Waals surface area contributed by atoms with Gasteiger partial charge in [-0.3, -0.25) is 4.90 Å². The molecule has 7 nitrogen and oxygen atoms in total. The van der Waals surface area contributed by atoms with Gasteiger partial charge in [-0.25, -0.2) is 9.78 Å². The van der Waals surface area contributed by atoms with Crippen LogP contribution in [-0.2, 0) is 0 Å². The molecule has 0 N–H and O–H groups in total. The Hall–Kier alpha value is -2.41. The second-order valence-electron chi connectivity index (χ2n) is 7.96. The van der Waals surface area contributed by atoms with E-state index in [0.29, 0.717) is 40.5 Å². The highest BCUT2D eigenvalue weighted by Gasteiger charge is 2.33. The summed E-state index contributed by atoms with van der Waals surface area (Å²) in [5.41, 5.74) is 1.62. The first kappa shape index (κ1) is 18.9. The molecule has 28 heavy (non-hydrogen) atoms. The van der Waals surface area contributed by atoms with Crippen molar-refractivity contribution in [3.63, 3.8) is 0 Å². The van der Waals surface area contributed by atoms with E-state index in [9.17, 15) is 4.79 Å². The van der Waals surface area contributed by atoms with Gasteiger partial charge >= 0.3 is 5.97 Å². The van der Waals surface area contributed by atoms with E-state index in [1.54, 1.807) is 13.8 Å². The second kappa shape index (κ2) is 7.54. The molecule has 2 atom stereocenters. The molecule has 2 aromatic rings. The Bertz CT molecular complexity index is 859. The minimum absolute atomic E-state index is 0.380. The molecule has 0 bridgehead atoms. The summed E-state index contributed by atoms with van der Waals surface area (Å²) in [5.74, 6) is 1.42. The fraction of sp³-hybridized carbons (Fsp3) is 0.571. The van der Waals surface area contributed by atoms with Gasteiger partial charge in [0, 0.05) is 25.2 Å². The smallest absolute Gasteiger partial charge is 0.349 e. The minimum Gasteiger partial charge on any atom is -0.421 e. The first-order valence-corrected chi connectivity index (χ1v) is 10.1. The Labute approximate surface area is 165 Å². The molecule has 2 saturated heterocycles. The largest absolute Gasteiger partial charge is 0.421 e. The van der Waals surface area contributed by atoms with Gasteiger partial charge in [-0.1, -0.05) is 5.16 Å². The number of ether oxygens (including phenoxy) is 1. The topological polar surface area (TPSA) is 71.7 Å². The summed E-state index contributed by atoms with van der Waals surface area (Å²) in [7, 11) is 0. The van der Waals surface area contributed by atoms with Gasteiger partial charge in [0.25, 0.3) is 0 Å². The quantitative estimate of drug-likeness (QED) is 0.749. The maximum Gasteiger partial charge on any atom is 0.349 e. The van der Waals surface area contributed by atoms with Crippen molar-refractivity contribution in [1.29, 1.82) is 0 Å². The van der Waals surface area contributed by atoms with Crippen molar-refractivity contribution in [1.82, 2.24) is 15.0 Å². The molecular formula is C21H28N4O3. The van der Waals surface area contributed by atoms with Gasteiger partial charge in [-0.05, 0) is 65.6 Å². The standard InChI is InChI=1S/C21H28N4O3/c1-13-6-5-10-25(13)17-9-11-24(12-17)19-8-7-18(14(2)22-19)27-21(26)20-15(3)23-28-16(20)4/h7-8,13,17H,5-6,9-12H2,1-4H3/t13-,17+/m0/s1. The summed E-state index contributed by atoms with van der Waals surface area (Å²) in [4.78, 5) is 22.2. The van der Waals surface area contributed by atoms with Crippen molar-refractivity contribution in [3.05, 3.63) is 34.8 Å². The van der Waals surface area contributed by atoms with Crippen LogP contribution in [0.3, 0.4) is 0 Å². The lowest BCUT2D eigenvalue weighted by Gasteiger charge is -2.28. The second-order valence-corrected chi connectivity index (χ2v) is 7.96. The number of nitrogens with zero attached hydrogens (tertiary/aromatic N) is 4. The lowest BCUT2D eigenvalue weighted by atomic mass is 10.2. The summed E-state index contributed by atoms with van der Waals surface area (Å²) in [5, 5.41) is 3.81. The lowest BCUT2D eigenvalue weighted by molar-refractivity contribution is 0.0730. The number of anilines is 1. The number of pyridine rings is 1. The highest BCUT2D eigenvalue weighted by Crippen LogP contribution is 2.29. The van der Waals surface area contributed by atoms with Crippen LogP contribution in [0.1, 0.15) is 53.7 Å². The number of aryl methyl sites for hydroxylation is 3. The predicted octanol–water partition coefficient (Wildman–Crippen LogP) is 3.28. The molecule has 7 heteroatoms. The molecule has 0 spiro atoms. The molecule has 2 fully saturated rings. The van der Waals surface area contributed by atoms with E-state index in [4.69, 9.17) is 14.2 Å². The molecule has 4 rings (SSSR count). The molecule has 0 saturated carbocycles. The van der Waals surface area contributed by atoms with E-state index in [0.717, 1.165) is 18.9 Å². The molecule has 0 aromatic carbocycles. The minimum atomic E-state index is -0.460. The average Bonchev–Trinajstić information content (AvgIpc) is 3.37. The number of hydrogen-bond donors (Lipinski definition) is 0. The molecule has 0 radical (unpaired) electrons. The summed E-state index contributed by atoms with van der Waals surface area (Å²) < 4.78 is 10.6. The summed E-state index contributed by atoms with van der Waals surface area (Å²) >= 11 is 0. The van der Waals surface area contributed by atoms with Crippen LogP contribution < -0.4 is 9.64 Å². The zero-order valence-corrected chi connectivity index (χ0v) is 17.1. The zero-order valence-electron chi connectivity index (χ0n) is 17.1. The van der Waals surface area contributed by atoms with Crippen molar-refractivity contribution >= 4 is 11.8 Å². The van der Waals surface area contributed by atoms with E-state index in [2.05, 4.69) is 21.9 Å². The summed E-state index contributed by atoms with van der Waals surface area (Å²) in [6, 6.07) is 5.07. The SMILES string of the molecule is Cc1nc(N2CC[C@@H](N3CCC[C@@H]3C)C2)ccc1OC(=O)c1c(C)noc1C. The molecular weight excluding hydrogens is 356 g/mol. The normalized spacial score (nSPS) is 22.8. The monoisotopic (exact) mass is 384 g/mol. The molecule has 150 valence electrons. The van der Waals surface area contributed by atoms with Crippen LogP contribution in [0.25, 0.3) is 0 Å². The Kier molecular flexibility index (Phi) is 5.10. The van der Waals surface area contributed by atoms with E-state index in [1.165, 1.54) is 25.8 Å². The van der Waals surface area contributed by atoms with Crippen molar-refractivity contribution in [2.45, 2.75) is 59.0 Å². The Morgan fingerprint density at radius 2 is 2.00 bits per heavy atom. The highest BCUT2D eigenvalue weighted by molar-refractivity contribution is 5.93. The number of aromatic nitrogens is 2. The van der Waals surface area contributed by atoms with Crippen LogP contribution in [0.15, 0.2) is 16.7 Å². The third-order valence-electron chi connectivity index (χ3n) is 6.02. The van der Waals surface area contributed by atoms with Crippen molar-refractivity contribution in [2.75, 3.05) is 24.5 Å². The van der Waals surface area contributed by atoms with Crippen LogP contribution in [-0.4, -0.2) is 52.7 Å². The number of hydrogen-bond acceptors (Lipinski definition) is 7. The van der Waals surface area contributed by atoms with Gasteiger partial charge in [-0.2, -0.15) is 0 Å². The third-order valence-corrected chi connectivity index (χ3v) is 6.02. The van der Waals surface area contributed by atoms with E-state index in [1.807, 2.05) is 19.1 Å². The van der Waals surface area contributed by atoms with Crippen LogP contribution in [0.4, 0.5) is 5.82 Å². The van der Waals surface area contributed by atoms with E-state index in [-0.39, 0.29) is 0 Å². The average molecular weight is 384 g/mol. The summed E-state index contributed by atoms with van der Waals surface area (Å²) in [6.07, 6.45) is 3.78. The number of rotatable bonds is 4. The van der Waals surface area contributed by atoms with Gasteiger partial charge in [0.1, 0.15) is 17.1 Å². The van der Waals surface area contributed by atoms with Crippen LogP contribution >= 0.6 is 0 Å². The van der Waals surface area contributed by atoms with Crippen molar-refractivity contribution < 1.29 is 14.1 Å². The third kappa shape index (κ3) is 3.51. The fourth-order valence-corrected chi connectivity index (χ4v) is 4.46. The van der Waals surface area contributed by atoms with Crippen LogP contribution in [0, 0.1) is 20.8 Å². The van der Waals surface area contributed by atoms with Crippen LogP contribution in [0.5, 0.6) is 5.75 Å². The zero-order chi connectivity index (χ0) is 19.8. The van der Waals surface area contributed by atoms with Gasteiger partial charge in [0.2, 0.25) is 0 Å².